The predicted molar refractivity (Wildman–Crippen MR) is 63.4 cm³/mol. The van der Waals surface area contributed by atoms with Crippen molar-refractivity contribution in [2.75, 3.05) is 16.8 Å². The molecular formula is C10H10ClF2NO3S. The second-order valence-electron chi connectivity index (χ2n) is 4.14. The molecule has 2 rings (SSSR count). The third-order valence-electron chi connectivity index (χ3n) is 2.66. The number of anilines is 1. The van der Waals surface area contributed by atoms with Crippen LogP contribution in [-0.4, -0.2) is 37.2 Å². The molecule has 0 bridgehead atoms. The number of hydrogen-bond donors (Lipinski definition) is 2. The van der Waals surface area contributed by atoms with Crippen molar-refractivity contribution >= 4 is 27.1 Å². The summed E-state index contributed by atoms with van der Waals surface area (Å²) in [5.41, 5.74) is -0.209. The quantitative estimate of drug-likeness (QED) is 0.860. The lowest BCUT2D eigenvalue weighted by Crippen LogP contribution is -2.32. The molecule has 2 N–H and O–H groups in total. The molecule has 0 spiro atoms. The molecular weight excluding hydrogens is 288 g/mol. The lowest BCUT2D eigenvalue weighted by atomic mass is 10.2. The van der Waals surface area contributed by atoms with Crippen LogP contribution in [0.2, 0.25) is 5.02 Å². The molecule has 0 aromatic heterocycles. The topological polar surface area (TPSA) is 66.4 Å². The Morgan fingerprint density at radius 3 is 2.50 bits per heavy atom. The number of benzene rings is 1. The summed E-state index contributed by atoms with van der Waals surface area (Å²) in [7, 11) is -3.35. The van der Waals surface area contributed by atoms with Gasteiger partial charge in [-0.05, 0) is 6.07 Å². The molecule has 1 aromatic rings. The van der Waals surface area contributed by atoms with Crippen molar-refractivity contribution in [3.8, 4) is 0 Å². The van der Waals surface area contributed by atoms with Gasteiger partial charge in [0, 0.05) is 6.07 Å². The molecule has 1 fully saturated rings. The largest absolute Gasteiger partial charge is 0.390 e. The van der Waals surface area contributed by atoms with E-state index in [2.05, 4.69) is 5.32 Å². The summed E-state index contributed by atoms with van der Waals surface area (Å²) in [5.74, 6) is -2.47. The minimum atomic E-state index is -3.35. The Balaban J connectivity index is 2.26. The summed E-state index contributed by atoms with van der Waals surface area (Å²) in [4.78, 5) is 0. The Labute approximate surface area is 107 Å². The van der Waals surface area contributed by atoms with Crippen molar-refractivity contribution in [2.24, 2.45) is 0 Å². The Morgan fingerprint density at radius 1 is 1.33 bits per heavy atom. The second kappa shape index (κ2) is 4.64. The Hall–Kier alpha value is -0.920. The molecule has 2 unspecified atom stereocenters. The molecule has 1 aromatic carbocycles. The number of aliphatic hydroxyl groups excluding tert-OH is 1. The highest BCUT2D eigenvalue weighted by atomic mass is 35.5. The highest BCUT2D eigenvalue weighted by Crippen LogP contribution is 2.28. The first-order chi connectivity index (χ1) is 8.28. The minimum Gasteiger partial charge on any atom is -0.390 e. The lowest BCUT2D eigenvalue weighted by molar-refractivity contribution is 0.190. The fourth-order valence-corrected chi connectivity index (χ4v) is 3.82. The zero-order valence-electron chi connectivity index (χ0n) is 9.03. The zero-order valence-corrected chi connectivity index (χ0v) is 10.6. The molecule has 1 saturated heterocycles. The van der Waals surface area contributed by atoms with Crippen LogP contribution in [0.15, 0.2) is 12.1 Å². The molecule has 0 saturated carbocycles. The molecule has 0 radical (unpaired) electrons. The zero-order chi connectivity index (χ0) is 13.5. The van der Waals surface area contributed by atoms with Gasteiger partial charge in [0.2, 0.25) is 0 Å². The fourth-order valence-electron chi connectivity index (χ4n) is 1.83. The van der Waals surface area contributed by atoms with Crippen LogP contribution in [0.25, 0.3) is 0 Å². The molecule has 1 aliphatic rings. The minimum absolute atomic E-state index is 0.205. The maximum absolute atomic E-state index is 13.5. The van der Waals surface area contributed by atoms with Gasteiger partial charge < -0.3 is 10.4 Å². The van der Waals surface area contributed by atoms with Crippen molar-refractivity contribution in [1.82, 2.24) is 0 Å². The van der Waals surface area contributed by atoms with E-state index < -0.39 is 33.6 Å². The molecule has 1 heterocycles. The van der Waals surface area contributed by atoms with Crippen molar-refractivity contribution < 1.29 is 22.3 Å². The van der Waals surface area contributed by atoms with Gasteiger partial charge in [-0.25, -0.2) is 17.2 Å². The van der Waals surface area contributed by atoms with E-state index in [1.165, 1.54) is 0 Å². The third-order valence-corrected chi connectivity index (χ3v) is 4.67. The standard InChI is InChI=1S/C10H10ClF2NO3S/c11-6-1-5(12)2-7(13)10(6)14-8-3-18(16,17)4-9(8)15/h1-2,8-9,14-15H,3-4H2. The van der Waals surface area contributed by atoms with Gasteiger partial charge in [0.15, 0.2) is 15.7 Å². The van der Waals surface area contributed by atoms with Crippen LogP contribution >= 0.6 is 11.6 Å². The van der Waals surface area contributed by atoms with E-state index in [0.29, 0.717) is 6.07 Å². The Bertz CT molecular complexity index is 555. The van der Waals surface area contributed by atoms with E-state index in [1.807, 2.05) is 0 Å². The van der Waals surface area contributed by atoms with Gasteiger partial charge in [-0.1, -0.05) is 11.6 Å². The molecule has 0 aliphatic carbocycles. The fraction of sp³-hybridized carbons (Fsp3) is 0.400. The van der Waals surface area contributed by atoms with Gasteiger partial charge in [0.05, 0.1) is 34.4 Å². The Kier molecular flexibility index (Phi) is 3.48. The normalized spacial score (nSPS) is 26.2. The van der Waals surface area contributed by atoms with Crippen LogP contribution in [0.3, 0.4) is 0 Å². The maximum Gasteiger partial charge on any atom is 0.155 e. The molecule has 1 aliphatic heterocycles. The van der Waals surface area contributed by atoms with E-state index in [0.717, 1.165) is 6.07 Å². The second-order valence-corrected chi connectivity index (χ2v) is 6.70. The van der Waals surface area contributed by atoms with Crippen molar-refractivity contribution in [2.45, 2.75) is 12.1 Å². The number of rotatable bonds is 2. The molecule has 100 valence electrons. The van der Waals surface area contributed by atoms with E-state index in [4.69, 9.17) is 11.6 Å². The van der Waals surface area contributed by atoms with Gasteiger partial charge in [0.1, 0.15) is 5.82 Å². The van der Waals surface area contributed by atoms with Crippen molar-refractivity contribution in [1.29, 1.82) is 0 Å². The van der Waals surface area contributed by atoms with E-state index in [1.54, 1.807) is 0 Å². The summed E-state index contributed by atoms with van der Waals surface area (Å²) in [6.45, 7) is 0. The molecule has 18 heavy (non-hydrogen) atoms. The van der Waals surface area contributed by atoms with E-state index >= 15 is 0 Å². The number of halogens is 3. The number of hydrogen-bond acceptors (Lipinski definition) is 4. The average molecular weight is 298 g/mol. The van der Waals surface area contributed by atoms with Gasteiger partial charge >= 0.3 is 0 Å². The molecule has 2 atom stereocenters. The SMILES string of the molecule is O=S1(=O)CC(O)C(Nc2c(F)cc(F)cc2Cl)C1. The highest BCUT2D eigenvalue weighted by molar-refractivity contribution is 7.91. The van der Waals surface area contributed by atoms with E-state index in [-0.39, 0.29) is 22.2 Å². The van der Waals surface area contributed by atoms with Crippen LogP contribution in [0.1, 0.15) is 0 Å². The van der Waals surface area contributed by atoms with Crippen LogP contribution in [0.4, 0.5) is 14.5 Å². The number of nitrogens with one attached hydrogen (secondary N) is 1. The van der Waals surface area contributed by atoms with E-state index in [9.17, 15) is 22.3 Å². The first-order valence-electron chi connectivity index (χ1n) is 5.08. The van der Waals surface area contributed by atoms with Crippen LogP contribution in [0.5, 0.6) is 0 Å². The maximum atomic E-state index is 13.5. The van der Waals surface area contributed by atoms with Crippen molar-refractivity contribution in [3.63, 3.8) is 0 Å². The first kappa shape index (κ1) is 13.5. The molecule has 0 amide bonds. The predicted octanol–water partition coefficient (Wildman–Crippen LogP) is 1.19. The van der Waals surface area contributed by atoms with Gasteiger partial charge in [-0.2, -0.15) is 0 Å². The summed E-state index contributed by atoms with van der Waals surface area (Å²) in [6, 6.07) is 0.680. The van der Waals surface area contributed by atoms with Crippen LogP contribution in [-0.2, 0) is 9.84 Å². The Morgan fingerprint density at radius 2 is 2.00 bits per heavy atom. The number of aliphatic hydroxyl groups is 1. The van der Waals surface area contributed by atoms with Gasteiger partial charge in [-0.3, -0.25) is 0 Å². The van der Waals surface area contributed by atoms with Gasteiger partial charge in [-0.15, -0.1) is 0 Å². The van der Waals surface area contributed by atoms with Crippen LogP contribution < -0.4 is 5.32 Å². The van der Waals surface area contributed by atoms with Crippen molar-refractivity contribution in [3.05, 3.63) is 28.8 Å². The monoisotopic (exact) mass is 297 g/mol. The summed E-state index contributed by atoms with van der Waals surface area (Å²) in [5, 5.41) is 11.8. The third kappa shape index (κ3) is 2.73. The first-order valence-corrected chi connectivity index (χ1v) is 7.28. The highest BCUT2D eigenvalue weighted by Gasteiger charge is 2.37. The van der Waals surface area contributed by atoms with Gasteiger partial charge in [0.25, 0.3) is 0 Å². The molecule has 8 heteroatoms. The smallest absolute Gasteiger partial charge is 0.155 e. The summed E-state index contributed by atoms with van der Waals surface area (Å²) >= 11 is 5.66. The molecule has 4 nitrogen and oxygen atoms in total. The lowest BCUT2D eigenvalue weighted by Gasteiger charge is -2.17. The number of sulfone groups is 1. The summed E-state index contributed by atoms with van der Waals surface area (Å²) < 4.78 is 48.8. The van der Waals surface area contributed by atoms with Crippen LogP contribution in [0, 0.1) is 11.6 Å². The summed E-state index contributed by atoms with van der Waals surface area (Å²) in [6.07, 6.45) is -1.14. The average Bonchev–Trinajstić information content (AvgIpc) is 2.45.